The van der Waals surface area contributed by atoms with Gasteiger partial charge in [0.15, 0.2) is 6.61 Å². The van der Waals surface area contributed by atoms with Crippen LogP contribution in [-0.4, -0.2) is 40.2 Å². The Bertz CT molecular complexity index is 873. The molecule has 0 fully saturated rings. The lowest BCUT2D eigenvalue weighted by Gasteiger charge is -2.13. The van der Waals surface area contributed by atoms with Crippen molar-refractivity contribution in [2.24, 2.45) is 7.05 Å². The van der Waals surface area contributed by atoms with Crippen LogP contribution in [0.4, 0.5) is 5.69 Å². The number of aryl methyl sites for hydroxylation is 3. The van der Waals surface area contributed by atoms with E-state index in [1.165, 1.54) is 6.92 Å². The Kier molecular flexibility index (Phi) is 6.33. The number of carbonyl (C=O) groups is 3. The quantitative estimate of drug-likeness (QED) is 0.751. The summed E-state index contributed by atoms with van der Waals surface area (Å²) >= 11 is 0. The highest BCUT2D eigenvalue weighted by molar-refractivity contribution is 5.97. The van der Waals surface area contributed by atoms with Gasteiger partial charge in [0.25, 0.3) is 11.8 Å². The van der Waals surface area contributed by atoms with E-state index in [2.05, 4.69) is 15.7 Å². The molecule has 0 aliphatic carbocycles. The SMILES string of the molecule is Cc1cccc(C(=O)N[C@@H](C)C(=O)OCC(=O)Nc2c(C)nn(C)c2C)c1. The minimum Gasteiger partial charge on any atom is -0.454 e. The molecule has 2 N–H and O–H groups in total. The first-order valence-electron chi connectivity index (χ1n) is 8.53. The Morgan fingerprint density at radius 1 is 1.22 bits per heavy atom. The lowest BCUT2D eigenvalue weighted by molar-refractivity contribution is -0.148. The summed E-state index contributed by atoms with van der Waals surface area (Å²) in [6.07, 6.45) is 0. The molecule has 1 atom stereocenters. The first-order chi connectivity index (χ1) is 12.7. The highest BCUT2D eigenvalue weighted by atomic mass is 16.5. The summed E-state index contributed by atoms with van der Waals surface area (Å²) in [4.78, 5) is 36.2. The van der Waals surface area contributed by atoms with Gasteiger partial charge in [-0.2, -0.15) is 5.10 Å². The zero-order chi connectivity index (χ0) is 20.1. The first kappa shape index (κ1) is 20.2. The van der Waals surface area contributed by atoms with E-state index in [-0.39, 0.29) is 5.91 Å². The van der Waals surface area contributed by atoms with Gasteiger partial charge < -0.3 is 15.4 Å². The molecule has 2 aromatic rings. The minimum atomic E-state index is -0.882. The van der Waals surface area contributed by atoms with Crippen LogP contribution >= 0.6 is 0 Å². The Hall–Kier alpha value is -3.16. The number of rotatable bonds is 6. The Morgan fingerprint density at radius 2 is 1.93 bits per heavy atom. The second-order valence-corrected chi connectivity index (χ2v) is 6.39. The second kappa shape index (κ2) is 8.48. The minimum absolute atomic E-state index is 0.380. The number of carbonyl (C=O) groups excluding carboxylic acids is 3. The predicted octanol–water partition coefficient (Wildman–Crippen LogP) is 1.65. The molecule has 0 spiro atoms. The zero-order valence-electron chi connectivity index (χ0n) is 16.1. The standard InChI is InChI=1S/C19H24N4O4/c1-11-7-6-8-15(9-11)18(25)20-13(3)19(26)27-10-16(24)21-17-12(2)22-23(5)14(17)4/h6-9,13H,10H2,1-5H3,(H,20,25)(H,21,24)/t13-/m0/s1. The van der Waals surface area contributed by atoms with E-state index in [9.17, 15) is 14.4 Å². The summed E-state index contributed by atoms with van der Waals surface area (Å²) in [5.41, 5.74) is 3.46. The van der Waals surface area contributed by atoms with Crippen LogP contribution in [0.25, 0.3) is 0 Å². The molecule has 0 aliphatic heterocycles. The van der Waals surface area contributed by atoms with Crippen molar-refractivity contribution < 1.29 is 19.1 Å². The van der Waals surface area contributed by atoms with Crippen molar-refractivity contribution in [3.63, 3.8) is 0 Å². The maximum absolute atomic E-state index is 12.2. The molecular formula is C19H24N4O4. The van der Waals surface area contributed by atoms with Crippen LogP contribution in [0.5, 0.6) is 0 Å². The van der Waals surface area contributed by atoms with Gasteiger partial charge >= 0.3 is 5.97 Å². The van der Waals surface area contributed by atoms with Crippen molar-refractivity contribution in [3.8, 4) is 0 Å². The van der Waals surface area contributed by atoms with Gasteiger partial charge in [-0.15, -0.1) is 0 Å². The fraction of sp³-hybridized carbons (Fsp3) is 0.368. The topological polar surface area (TPSA) is 102 Å². The number of benzene rings is 1. The van der Waals surface area contributed by atoms with Gasteiger partial charge in [-0.05, 0) is 39.8 Å². The molecule has 8 nitrogen and oxygen atoms in total. The Labute approximate surface area is 157 Å². The van der Waals surface area contributed by atoms with Crippen LogP contribution in [0.15, 0.2) is 24.3 Å². The van der Waals surface area contributed by atoms with Crippen LogP contribution in [-0.2, 0) is 21.4 Å². The number of nitrogens with one attached hydrogen (secondary N) is 2. The van der Waals surface area contributed by atoms with E-state index in [1.807, 2.05) is 19.9 Å². The monoisotopic (exact) mass is 372 g/mol. The lowest BCUT2D eigenvalue weighted by atomic mass is 10.1. The third-order valence-corrected chi connectivity index (χ3v) is 4.10. The summed E-state index contributed by atoms with van der Waals surface area (Å²) in [5.74, 6) is -1.54. The van der Waals surface area contributed by atoms with E-state index in [1.54, 1.807) is 36.9 Å². The molecule has 0 aliphatic rings. The molecule has 144 valence electrons. The van der Waals surface area contributed by atoms with Crippen LogP contribution in [0, 0.1) is 20.8 Å². The molecule has 0 saturated heterocycles. The third kappa shape index (κ3) is 5.16. The highest BCUT2D eigenvalue weighted by Gasteiger charge is 2.20. The zero-order valence-corrected chi connectivity index (χ0v) is 16.1. The summed E-state index contributed by atoms with van der Waals surface area (Å²) in [6, 6.07) is 6.14. The lowest BCUT2D eigenvalue weighted by Crippen LogP contribution is -2.40. The fourth-order valence-corrected chi connectivity index (χ4v) is 2.52. The van der Waals surface area contributed by atoms with Crippen molar-refractivity contribution in [1.29, 1.82) is 0 Å². The van der Waals surface area contributed by atoms with E-state index in [4.69, 9.17) is 4.74 Å². The van der Waals surface area contributed by atoms with E-state index in [0.29, 0.717) is 16.9 Å². The summed E-state index contributed by atoms with van der Waals surface area (Å²) in [5, 5.41) is 9.44. The number of amides is 2. The fourth-order valence-electron chi connectivity index (χ4n) is 2.52. The maximum Gasteiger partial charge on any atom is 0.328 e. The highest BCUT2D eigenvalue weighted by Crippen LogP contribution is 2.18. The van der Waals surface area contributed by atoms with Gasteiger partial charge in [-0.1, -0.05) is 17.7 Å². The molecule has 27 heavy (non-hydrogen) atoms. The van der Waals surface area contributed by atoms with Gasteiger partial charge in [0.05, 0.1) is 17.1 Å². The number of esters is 1. The number of hydrogen-bond donors (Lipinski definition) is 2. The maximum atomic E-state index is 12.2. The van der Waals surface area contributed by atoms with Crippen LogP contribution in [0.1, 0.15) is 34.2 Å². The van der Waals surface area contributed by atoms with Crippen molar-refractivity contribution >= 4 is 23.5 Å². The number of aromatic nitrogens is 2. The molecule has 1 aromatic heterocycles. The Balaban J connectivity index is 1.85. The predicted molar refractivity (Wildman–Crippen MR) is 100 cm³/mol. The molecule has 1 aromatic carbocycles. The smallest absolute Gasteiger partial charge is 0.328 e. The molecule has 0 bridgehead atoms. The molecule has 1 heterocycles. The van der Waals surface area contributed by atoms with Gasteiger partial charge in [-0.3, -0.25) is 14.3 Å². The average molecular weight is 372 g/mol. The van der Waals surface area contributed by atoms with Gasteiger partial charge in [0.1, 0.15) is 6.04 Å². The molecule has 0 radical (unpaired) electrons. The van der Waals surface area contributed by atoms with Gasteiger partial charge in [0, 0.05) is 12.6 Å². The van der Waals surface area contributed by atoms with Gasteiger partial charge in [-0.25, -0.2) is 4.79 Å². The van der Waals surface area contributed by atoms with E-state index < -0.39 is 24.5 Å². The van der Waals surface area contributed by atoms with Crippen molar-refractivity contribution in [1.82, 2.24) is 15.1 Å². The van der Waals surface area contributed by atoms with Crippen LogP contribution in [0.2, 0.25) is 0 Å². The van der Waals surface area contributed by atoms with Crippen LogP contribution in [0.3, 0.4) is 0 Å². The molecular weight excluding hydrogens is 348 g/mol. The molecule has 8 heteroatoms. The van der Waals surface area contributed by atoms with Gasteiger partial charge in [0.2, 0.25) is 0 Å². The summed E-state index contributed by atoms with van der Waals surface area (Å²) in [7, 11) is 1.77. The number of ether oxygens (including phenoxy) is 1. The van der Waals surface area contributed by atoms with E-state index >= 15 is 0 Å². The molecule has 2 amide bonds. The van der Waals surface area contributed by atoms with Crippen molar-refractivity contribution in [2.75, 3.05) is 11.9 Å². The number of nitrogens with zero attached hydrogens (tertiary/aromatic N) is 2. The first-order valence-corrected chi connectivity index (χ1v) is 8.53. The molecule has 0 saturated carbocycles. The second-order valence-electron chi connectivity index (χ2n) is 6.39. The largest absolute Gasteiger partial charge is 0.454 e. The van der Waals surface area contributed by atoms with Crippen LogP contribution < -0.4 is 10.6 Å². The summed E-state index contributed by atoms with van der Waals surface area (Å²) in [6.45, 7) is 6.53. The van der Waals surface area contributed by atoms with E-state index in [0.717, 1.165) is 11.3 Å². The summed E-state index contributed by atoms with van der Waals surface area (Å²) < 4.78 is 6.64. The molecule has 0 unspecified atom stereocenters. The van der Waals surface area contributed by atoms with Crippen molar-refractivity contribution in [2.45, 2.75) is 33.7 Å². The normalized spacial score (nSPS) is 11.6. The number of anilines is 1. The van der Waals surface area contributed by atoms with Crippen molar-refractivity contribution in [3.05, 3.63) is 46.8 Å². The Morgan fingerprint density at radius 3 is 2.52 bits per heavy atom. The average Bonchev–Trinajstić information content (AvgIpc) is 2.85. The number of hydrogen-bond acceptors (Lipinski definition) is 5. The third-order valence-electron chi connectivity index (χ3n) is 4.10. The molecule has 2 rings (SSSR count).